The van der Waals surface area contributed by atoms with Crippen LogP contribution >= 0.6 is 7.60 Å². The van der Waals surface area contributed by atoms with E-state index in [1.54, 1.807) is 0 Å². The fraction of sp³-hybridized carbons (Fsp3) is 1.00. The molecule has 0 rings (SSSR count). The molecular weight excluding hydrogens is 361 g/mol. The second-order valence-corrected chi connectivity index (χ2v) is 9.70. The summed E-state index contributed by atoms with van der Waals surface area (Å²) in [5, 5.41) is 0. The minimum Gasteiger partial charge on any atom is -0.367 e. The van der Waals surface area contributed by atoms with Crippen molar-refractivity contribution in [2.45, 2.75) is 96.8 Å². The second kappa shape index (κ2) is 19.4. The Kier molecular flexibility index (Phi) is 19.4. The molecule has 0 aliphatic carbocycles. The van der Waals surface area contributed by atoms with Crippen LogP contribution in [0.1, 0.15) is 96.8 Å². The first-order valence-corrected chi connectivity index (χ1v) is 12.9. The van der Waals surface area contributed by atoms with Gasteiger partial charge in [0.05, 0.1) is 13.2 Å². The molecule has 0 saturated heterocycles. The van der Waals surface area contributed by atoms with E-state index in [9.17, 15) is 9.46 Å². The van der Waals surface area contributed by atoms with Gasteiger partial charge >= 0.3 is 7.60 Å². The molecule has 27 heavy (non-hydrogen) atoms. The van der Waals surface area contributed by atoms with Gasteiger partial charge in [-0.3, -0.25) is 4.57 Å². The molecular formula is C21H46NO4P. The molecule has 1 N–H and O–H groups in total. The van der Waals surface area contributed by atoms with Crippen molar-refractivity contribution >= 4 is 7.60 Å². The molecule has 0 heterocycles. The minimum absolute atomic E-state index is 0.209. The van der Waals surface area contributed by atoms with Crippen LogP contribution in [-0.4, -0.2) is 50.0 Å². The molecule has 0 amide bonds. The van der Waals surface area contributed by atoms with Crippen molar-refractivity contribution in [1.82, 2.24) is 4.90 Å². The number of unbranched alkanes of at least 4 members (excludes halogenated alkanes) is 13. The smallest absolute Gasteiger partial charge is 0.353 e. The number of hydrogen-bond donors (Lipinski definition) is 1. The summed E-state index contributed by atoms with van der Waals surface area (Å²) in [4.78, 5) is 11.6. The van der Waals surface area contributed by atoms with Gasteiger partial charge in [0.15, 0.2) is 0 Å². The molecule has 0 bridgehead atoms. The quantitative estimate of drug-likeness (QED) is 0.181. The van der Waals surface area contributed by atoms with Crippen molar-refractivity contribution in [3.05, 3.63) is 0 Å². The summed E-state index contributed by atoms with van der Waals surface area (Å²) in [6, 6.07) is 0. The van der Waals surface area contributed by atoms with Crippen molar-refractivity contribution in [3.63, 3.8) is 0 Å². The molecule has 1 unspecified atom stereocenters. The maximum Gasteiger partial charge on any atom is 0.353 e. The molecule has 1 atom stereocenters. The molecule has 0 aliphatic heterocycles. The Morgan fingerprint density at radius 3 is 1.63 bits per heavy atom. The SMILES string of the molecule is CCCCCCCCCCCCCCCCOP(=O)(O)COCCN(C)C. The van der Waals surface area contributed by atoms with Gasteiger partial charge in [0, 0.05) is 6.54 Å². The predicted octanol–water partition coefficient (Wildman–Crippen LogP) is 6.21. The molecule has 0 radical (unpaired) electrons. The highest BCUT2D eigenvalue weighted by Crippen LogP contribution is 2.41. The molecule has 0 aromatic carbocycles. The summed E-state index contributed by atoms with van der Waals surface area (Å²) < 4.78 is 22.1. The van der Waals surface area contributed by atoms with Crippen LogP contribution in [0.3, 0.4) is 0 Å². The van der Waals surface area contributed by atoms with Crippen LogP contribution in [-0.2, 0) is 13.8 Å². The lowest BCUT2D eigenvalue weighted by molar-refractivity contribution is 0.129. The van der Waals surface area contributed by atoms with Crippen LogP contribution < -0.4 is 0 Å². The van der Waals surface area contributed by atoms with Crippen molar-refractivity contribution < 1.29 is 18.7 Å². The standard InChI is InChI=1S/C21H46NO4P/c1-4-5-6-7-8-9-10-11-12-13-14-15-16-17-19-26-27(23,24)21-25-20-18-22(2)3/h4-21H2,1-3H3,(H,23,24). The third-order valence-electron chi connectivity index (χ3n) is 4.73. The first-order chi connectivity index (χ1) is 13.0. The van der Waals surface area contributed by atoms with Crippen LogP contribution in [0.2, 0.25) is 0 Å². The Labute approximate surface area is 168 Å². The zero-order valence-corrected chi connectivity index (χ0v) is 19.2. The molecule has 0 saturated carbocycles. The van der Waals surface area contributed by atoms with E-state index in [1.807, 2.05) is 19.0 Å². The third-order valence-corrected chi connectivity index (χ3v) is 5.82. The Bertz CT molecular complexity index is 353. The topological polar surface area (TPSA) is 59.0 Å². The Balaban J connectivity index is 3.26. The fourth-order valence-corrected chi connectivity index (χ4v) is 3.82. The van der Waals surface area contributed by atoms with Gasteiger partial charge in [-0.2, -0.15) is 0 Å². The van der Waals surface area contributed by atoms with E-state index in [1.165, 1.54) is 77.0 Å². The van der Waals surface area contributed by atoms with Crippen LogP contribution in [0, 0.1) is 0 Å². The van der Waals surface area contributed by atoms with E-state index in [-0.39, 0.29) is 6.35 Å². The van der Waals surface area contributed by atoms with E-state index in [4.69, 9.17) is 9.26 Å². The molecule has 0 aliphatic rings. The molecule has 0 aromatic rings. The summed E-state index contributed by atoms with van der Waals surface area (Å²) in [5.74, 6) is 0. The molecule has 6 heteroatoms. The maximum absolute atomic E-state index is 11.8. The van der Waals surface area contributed by atoms with Gasteiger partial charge in [0.1, 0.15) is 6.35 Å². The van der Waals surface area contributed by atoms with Crippen LogP contribution in [0.15, 0.2) is 0 Å². The third kappa shape index (κ3) is 22.2. The lowest BCUT2D eigenvalue weighted by Crippen LogP contribution is -2.18. The van der Waals surface area contributed by atoms with E-state index in [2.05, 4.69) is 6.92 Å². The summed E-state index contributed by atoms with van der Waals surface area (Å²) in [6.07, 6.45) is 18.0. The van der Waals surface area contributed by atoms with Gasteiger partial charge in [-0.15, -0.1) is 0 Å². The van der Waals surface area contributed by atoms with Gasteiger partial charge in [-0.25, -0.2) is 0 Å². The molecule has 164 valence electrons. The van der Waals surface area contributed by atoms with Crippen LogP contribution in [0.5, 0.6) is 0 Å². The lowest BCUT2D eigenvalue weighted by Gasteiger charge is -2.14. The molecule has 0 spiro atoms. The average Bonchev–Trinajstić information content (AvgIpc) is 2.62. The first kappa shape index (κ1) is 27.1. The minimum atomic E-state index is -3.58. The Hall–Kier alpha value is 0.0700. The highest BCUT2D eigenvalue weighted by Gasteiger charge is 2.19. The lowest BCUT2D eigenvalue weighted by atomic mass is 10.0. The maximum atomic E-state index is 11.8. The molecule has 0 aromatic heterocycles. The summed E-state index contributed by atoms with van der Waals surface area (Å²) in [7, 11) is 0.297. The van der Waals surface area contributed by atoms with Gasteiger partial charge in [-0.1, -0.05) is 90.4 Å². The normalized spacial score (nSPS) is 14.0. The van der Waals surface area contributed by atoms with Crippen LogP contribution in [0.4, 0.5) is 0 Å². The monoisotopic (exact) mass is 407 g/mol. The van der Waals surface area contributed by atoms with E-state index >= 15 is 0 Å². The highest BCUT2D eigenvalue weighted by molar-refractivity contribution is 7.52. The summed E-state index contributed by atoms with van der Waals surface area (Å²) in [6.45, 7) is 3.79. The van der Waals surface area contributed by atoms with E-state index in [0.29, 0.717) is 13.2 Å². The number of rotatable bonds is 21. The second-order valence-electron chi connectivity index (χ2n) is 7.91. The number of likely N-dealkylation sites (N-methyl/N-ethyl adjacent to an activating group) is 1. The average molecular weight is 408 g/mol. The largest absolute Gasteiger partial charge is 0.367 e. The van der Waals surface area contributed by atoms with Crippen LogP contribution in [0.25, 0.3) is 0 Å². The first-order valence-electron chi connectivity index (χ1n) is 11.2. The molecule has 0 fully saturated rings. The van der Waals surface area contributed by atoms with Crippen molar-refractivity contribution in [2.75, 3.05) is 40.2 Å². The predicted molar refractivity (Wildman–Crippen MR) is 115 cm³/mol. The van der Waals surface area contributed by atoms with Crippen molar-refractivity contribution in [2.24, 2.45) is 0 Å². The van der Waals surface area contributed by atoms with Crippen molar-refractivity contribution in [3.8, 4) is 0 Å². The van der Waals surface area contributed by atoms with Gasteiger partial charge in [0.2, 0.25) is 0 Å². The summed E-state index contributed by atoms with van der Waals surface area (Å²) >= 11 is 0. The Morgan fingerprint density at radius 1 is 0.741 bits per heavy atom. The van der Waals surface area contributed by atoms with E-state index in [0.717, 1.165) is 19.4 Å². The number of hydrogen-bond acceptors (Lipinski definition) is 4. The molecule has 5 nitrogen and oxygen atoms in total. The van der Waals surface area contributed by atoms with Gasteiger partial charge in [0.25, 0.3) is 0 Å². The number of nitrogens with zero attached hydrogens (tertiary/aromatic N) is 1. The van der Waals surface area contributed by atoms with Gasteiger partial charge in [-0.05, 0) is 20.5 Å². The zero-order chi connectivity index (χ0) is 20.2. The van der Waals surface area contributed by atoms with E-state index < -0.39 is 7.60 Å². The summed E-state index contributed by atoms with van der Waals surface area (Å²) in [5.41, 5.74) is 0. The fourth-order valence-electron chi connectivity index (χ4n) is 2.97. The van der Waals surface area contributed by atoms with Gasteiger partial charge < -0.3 is 19.1 Å². The number of ether oxygens (including phenoxy) is 1. The zero-order valence-electron chi connectivity index (χ0n) is 18.3. The Morgan fingerprint density at radius 2 is 1.19 bits per heavy atom. The highest BCUT2D eigenvalue weighted by atomic mass is 31.2. The van der Waals surface area contributed by atoms with Crippen molar-refractivity contribution in [1.29, 1.82) is 0 Å².